The highest BCUT2D eigenvalue weighted by Gasteiger charge is 2.27. The minimum absolute atomic E-state index is 0.0736. The number of rotatable bonds is 3. The first kappa shape index (κ1) is 14.1. The van der Waals surface area contributed by atoms with E-state index in [1.165, 1.54) is 0 Å². The van der Waals surface area contributed by atoms with Crippen LogP contribution in [0.4, 0.5) is 5.82 Å². The molecule has 3 rings (SSSR count). The van der Waals surface area contributed by atoms with E-state index in [0.717, 1.165) is 11.3 Å². The Morgan fingerprint density at radius 2 is 2.05 bits per heavy atom. The number of amides is 1. The molecule has 5 heteroatoms. The number of carbonyl (C=O) groups is 1. The fourth-order valence-electron chi connectivity index (χ4n) is 2.57. The molecule has 2 heterocycles. The number of nitrogens with zero attached hydrogens (tertiary/aromatic N) is 3. The summed E-state index contributed by atoms with van der Waals surface area (Å²) in [7, 11) is 0. The minimum Gasteiger partial charge on any atom is -0.310 e. The van der Waals surface area contributed by atoms with E-state index < -0.39 is 0 Å². The number of hydrogen-bond donors (Lipinski definition) is 1. The number of likely N-dealkylation sites (tertiary alicyclic amines) is 1. The molecule has 0 bridgehead atoms. The average molecular weight is 292 g/mol. The van der Waals surface area contributed by atoms with Gasteiger partial charge in [-0.3, -0.25) is 4.79 Å². The Morgan fingerprint density at radius 3 is 2.77 bits per heavy atom. The van der Waals surface area contributed by atoms with E-state index in [2.05, 4.69) is 16.5 Å². The third-order valence-electron chi connectivity index (χ3n) is 3.77. The average Bonchev–Trinajstić information content (AvgIpc) is 3.05. The van der Waals surface area contributed by atoms with E-state index in [1.54, 1.807) is 11.0 Å². The highest BCUT2D eigenvalue weighted by Crippen LogP contribution is 2.20. The van der Waals surface area contributed by atoms with Crippen LogP contribution < -0.4 is 5.32 Å². The molecule has 1 aromatic heterocycles. The van der Waals surface area contributed by atoms with Crippen LogP contribution in [0, 0.1) is 17.4 Å². The summed E-state index contributed by atoms with van der Waals surface area (Å²) in [4.78, 5) is 18.3. The Kier molecular flexibility index (Phi) is 4.01. The molecule has 1 atom stereocenters. The molecule has 0 radical (unpaired) electrons. The molecule has 0 unspecified atom stereocenters. The van der Waals surface area contributed by atoms with Crippen molar-refractivity contribution in [3.05, 3.63) is 48.5 Å². The molecule has 1 aliphatic rings. The lowest BCUT2D eigenvalue weighted by atomic mass is 10.1. The monoisotopic (exact) mass is 292 g/mol. The summed E-state index contributed by atoms with van der Waals surface area (Å²) in [6, 6.07) is 15.4. The predicted octanol–water partition coefficient (Wildman–Crippen LogP) is 2.49. The van der Waals surface area contributed by atoms with Gasteiger partial charge >= 0.3 is 0 Å². The lowest BCUT2D eigenvalue weighted by molar-refractivity contribution is -0.119. The topological polar surface area (TPSA) is 69.0 Å². The summed E-state index contributed by atoms with van der Waals surface area (Å²) in [5.74, 6) is 0.319. The molecule has 1 N–H and O–H groups in total. The zero-order valence-corrected chi connectivity index (χ0v) is 12.1. The lowest BCUT2D eigenvalue weighted by Crippen LogP contribution is -2.25. The van der Waals surface area contributed by atoms with Crippen molar-refractivity contribution in [1.82, 2.24) is 9.88 Å². The maximum Gasteiger partial charge on any atom is 0.230 e. The van der Waals surface area contributed by atoms with Crippen LogP contribution in [0.2, 0.25) is 0 Å². The first-order valence-corrected chi connectivity index (χ1v) is 7.24. The van der Waals surface area contributed by atoms with Crippen molar-refractivity contribution >= 4 is 11.7 Å². The molecule has 0 saturated carbocycles. The van der Waals surface area contributed by atoms with Crippen molar-refractivity contribution in [3.8, 4) is 17.5 Å². The van der Waals surface area contributed by atoms with Gasteiger partial charge in [-0.25, -0.2) is 4.98 Å². The van der Waals surface area contributed by atoms with Gasteiger partial charge in [-0.15, -0.1) is 0 Å². The number of hydrogen-bond acceptors (Lipinski definition) is 4. The molecule has 5 nitrogen and oxygen atoms in total. The van der Waals surface area contributed by atoms with Crippen LogP contribution in [0.5, 0.6) is 0 Å². The number of benzene rings is 1. The van der Waals surface area contributed by atoms with Crippen molar-refractivity contribution in [2.45, 2.75) is 6.42 Å². The standard InChI is InChI=1S/C17H16N4O/c18-12-21-10-9-14(11-21)17(22)20-16-8-4-7-15(19-16)13-5-2-1-3-6-13/h1-8,14H,9-11H2,(H,19,20,22)/t14-/m0/s1. The SMILES string of the molecule is N#CN1CC[C@H](C(=O)Nc2cccc(-c3ccccc3)n2)C1. The van der Waals surface area contributed by atoms with Crippen LogP contribution in [0.25, 0.3) is 11.3 Å². The van der Waals surface area contributed by atoms with Gasteiger partial charge in [0.2, 0.25) is 5.91 Å². The van der Waals surface area contributed by atoms with Gasteiger partial charge in [0.05, 0.1) is 11.6 Å². The normalized spacial score (nSPS) is 17.0. The Labute approximate surface area is 129 Å². The molecule has 0 aliphatic carbocycles. The second-order valence-electron chi connectivity index (χ2n) is 5.29. The van der Waals surface area contributed by atoms with Crippen molar-refractivity contribution < 1.29 is 4.79 Å². The number of nitriles is 1. The second-order valence-corrected chi connectivity index (χ2v) is 5.29. The summed E-state index contributed by atoms with van der Waals surface area (Å²) < 4.78 is 0. The number of aromatic nitrogens is 1. The lowest BCUT2D eigenvalue weighted by Gasteiger charge is -2.11. The van der Waals surface area contributed by atoms with Gasteiger partial charge in [-0.1, -0.05) is 36.4 Å². The van der Waals surface area contributed by atoms with Crippen LogP contribution in [-0.2, 0) is 4.79 Å². The van der Waals surface area contributed by atoms with Gasteiger partial charge in [-0.05, 0) is 18.6 Å². The zero-order chi connectivity index (χ0) is 15.4. The third-order valence-corrected chi connectivity index (χ3v) is 3.77. The maximum atomic E-state index is 12.2. The van der Waals surface area contributed by atoms with Crippen LogP contribution in [0.15, 0.2) is 48.5 Å². The van der Waals surface area contributed by atoms with Crippen molar-refractivity contribution in [2.24, 2.45) is 5.92 Å². The van der Waals surface area contributed by atoms with Gasteiger partial charge in [0.25, 0.3) is 0 Å². The van der Waals surface area contributed by atoms with Gasteiger partial charge in [-0.2, -0.15) is 5.26 Å². The number of anilines is 1. The molecular formula is C17H16N4O. The molecule has 1 saturated heterocycles. The van der Waals surface area contributed by atoms with Crippen LogP contribution in [-0.4, -0.2) is 28.9 Å². The van der Waals surface area contributed by atoms with E-state index >= 15 is 0 Å². The van der Waals surface area contributed by atoms with Crippen LogP contribution in [0.3, 0.4) is 0 Å². The van der Waals surface area contributed by atoms with Gasteiger partial charge < -0.3 is 10.2 Å². The molecule has 1 amide bonds. The molecule has 1 aromatic carbocycles. The largest absolute Gasteiger partial charge is 0.310 e. The second kappa shape index (κ2) is 6.27. The fourth-order valence-corrected chi connectivity index (χ4v) is 2.57. The predicted molar refractivity (Wildman–Crippen MR) is 83.6 cm³/mol. The summed E-state index contributed by atoms with van der Waals surface area (Å²) in [5, 5.41) is 11.7. The van der Waals surface area contributed by atoms with Gasteiger partial charge in [0.15, 0.2) is 6.19 Å². The molecule has 110 valence electrons. The quantitative estimate of drug-likeness (QED) is 0.882. The Bertz CT molecular complexity index is 708. The molecule has 1 aliphatic heterocycles. The number of nitrogens with one attached hydrogen (secondary N) is 1. The maximum absolute atomic E-state index is 12.2. The van der Waals surface area contributed by atoms with Crippen molar-refractivity contribution in [1.29, 1.82) is 5.26 Å². The Morgan fingerprint density at radius 1 is 1.23 bits per heavy atom. The molecule has 1 fully saturated rings. The highest BCUT2D eigenvalue weighted by molar-refractivity contribution is 5.92. The fraction of sp³-hybridized carbons (Fsp3) is 0.235. The molecule has 2 aromatic rings. The number of pyridine rings is 1. The van der Waals surface area contributed by atoms with Gasteiger partial charge in [0.1, 0.15) is 5.82 Å². The third kappa shape index (κ3) is 3.07. The highest BCUT2D eigenvalue weighted by atomic mass is 16.2. The Hall–Kier alpha value is -2.87. The van der Waals surface area contributed by atoms with Crippen molar-refractivity contribution in [2.75, 3.05) is 18.4 Å². The summed E-state index contributed by atoms with van der Waals surface area (Å²) in [6.07, 6.45) is 2.79. The summed E-state index contributed by atoms with van der Waals surface area (Å²) in [6.45, 7) is 1.13. The van der Waals surface area contributed by atoms with Crippen LogP contribution >= 0.6 is 0 Å². The van der Waals surface area contributed by atoms with E-state index in [0.29, 0.717) is 25.3 Å². The first-order valence-electron chi connectivity index (χ1n) is 7.24. The Balaban J connectivity index is 1.71. The van der Waals surface area contributed by atoms with Gasteiger partial charge in [0, 0.05) is 18.7 Å². The molecular weight excluding hydrogens is 276 g/mol. The smallest absolute Gasteiger partial charge is 0.230 e. The van der Waals surface area contributed by atoms with E-state index in [9.17, 15) is 4.79 Å². The molecule has 0 spiro atoms. The zero-order valence-electron chi connectivity index (χ0n) is 12.1. The van der Waals surface area contributed by atoms with Crippen molar-refractivity contribution in [3.63, 3.8) is 0 Å². The summed E-state index contributed by atoms with van der Waals surface area (Å²) >= 11 is 0. The minimum atomic E-state index is -0.151. The summed E-state index contributed by atoms with van der Waals surface area (Å²) in [5.41, 5.74) is 1.83. The van der Waals surface area contributed by atoms with E-state index in [1.807, 2.05) is 42.5 Å². The van der Waals surface area contributed by atoms with E-state index in [-0.39, 0.29) is 11.8 Å². The van der Waals surface area contributed by atoms with Crippen LogP contribution in [0.1, 0.15) is 6.42 Å². The first-order chi connectivity index (χ1) is 10.8. The van der Waals surface area contributed by atoms with E-state index in [4.69, 9.17) is 5.26 Å². The number of carbonyl (C=O) groups excluding carboxylic acids is 1. The molecule has 22 heavy (non-hydrogen) atoms.